The van der Waals surface area contributed by atoms with E-state index in [1.165, 1.54) is 100 Å². The van der Waals surface area contributed by atoms with E-state index in [4.69, 9.17) is 0 Å². The lowest BCUT2D eigenvalue weighted by Gasteiger charge is -2.41. The third-order valence-electron chi connectivity index (χ3n) is 6.26. The standard InChI is InChI=1S/C25H46N/c1-5-7-9-11-13-18-22-26(4,23-19-14-12-10-8-6-2)24(3)25-20-16-15-17-21-25/h15-17,20-21,24H,5-14,18-19,22-23H2,1-4H3/q+1. The van der Waals surface area contributed by atoms with E-state index in [-0.39, 0.29) is 0 Å². The van der Waals surface area contributed by atoms with Crippen LogP contribution in [-0.4, -0.2) is 24.6 Å². The fraction of sp³-hybridized carbons (Fsp3) is 0.760. The second-order valence-corrected chi connectivity index (χ2v) is 8.55. The lowest BCUT2D eigenvalue weighted by molar-refractivity contribution is -0.938. The Morgan fingerprint density at radius 2 is 1.08 bits per heavy atom. The van der Waals surface area contributed by atoms with Gasteiger partial charge in [0.2, 0.25) is 0 Å². The molecule has 1 rings (SSSR count). The molecule has 1 nitrogen and oxygen atoms in total. The highest BCUT2D eigenvalue weighted by Crippen LogP contribution is 2.28. The van der Waals surface area contributed by atoms with E-state index in [1.54, 1.807) is 0 Å². The maximum absolute atomic E-state index is 2.51. The quantitative estimate of drug-likeness (QED) is 0.207. The Hall–Kier alpha value is -0.820. The second kappa shape index (κ2) is 14.3. The third-order valence-corrected chi connectivity index (χ3v) is 6.26. The maximum Gasteiger partial charge on any atom is 0.112 e. The predicted molar refractivity (Wildman–Crippen MR) is 118 cm³/mol. The summed E-state index contributed by atoms with van der Waals surface area (Å²) in [7, 11) is 2.51. The molecule has 150 valence electrons. The van der Waals surface area contributed by atoms with E-state index in [9.17, 15) is 0 Å². The minimum atomic E-state index is 0.600. The molecular formula is C25H46N+. The molecular weight excluding hydrogens is 314 g/mol. The monoisotopic (exact) mass is 360 g/mol. The molecule has 0 fully saturated rings. The Kier molecular flexibility index (Phi) is 12.7. The van der Waals surface area contributed by atoms with Crippen molar-refractivity contribution in [2.45, 2.75) is 104 Å². The van der Waals surface area contributed by atoms with Crippen LogP contribution in [0.25, 0.3) is 0 Å². The first-order valence-electron chi connectivity index (χ1n) is 11.5. The van der Waals surface area contributed by atoms with E-state index >= 15 is 0 Å². The van der Waals surface area contributed by atoms with E-state index in [0.717, 1.165) is 0 Å². The van der Waals surface area contributed by atoms with E-state index in [2.05, 4.69) is 58.2 Å². The van der Waals surface area contributed by atoms with Gasteiger partial charge >= 0.3 is 0 Å². The fourth-order valence-electron chi connectivity index (χ4n) is 4.10. The predicted octanol–water partition coefficient (Wildman–Crippen LogP) is 7.92. The van der Waals surface area contributed by atoms with Crippen molar-refractivity contribution >= 4 is 0 Å². The molecule has 0 radical (unpaired) electrons. The normalized spacial score (nSPS) is 13.1. The Morgan fingerprint density at radius 1 is 0.654 bits per heavy atom. The van der Waals surface area contributed by atoms with Gasteiger partial charge in [0.1, 0.15) is 6.04 Å². The van der Waals surface area contributed by atoms with Gasteiger partial charge in [0.15, 0.2) is 0 Å². The van der Waals surface area contributed by atoms with Gasteiger partial charge in [-0.3, -0.25) is 0 Å². The lowest BCUT2D eigenvalue weighted by Crippen LogP contribution is -2.47. The van der Waals surface area contributed by atoms with Crippen LogP contribution >= 0.6 is 0 Å². The third kappa shape index (κ3) is 9.21. The average molecular weight is 361 g/mol. The first-order valence-corrected chi connectivity index (χ1v) is 11.5. The van der Waals surface area contributed by atoms with Crippen LogP contribution in [0.2, 0.25) is 0 Å². The smallest absolute Gasteiger partial charge is 0.112 e. The largest absolute Gasteiger partial charge is 0.320 e. The van der Waals surface area contributed by atoms with Crippen molar-refractivity contribution in [3.8, 4) is 0 Å². The molecule has 0 heterocycles. The summed E-state index contributed by atoms with van der Waals surface area (Å²) in [6.07, 6.45) is 16.8. The van der Waals surface area contributed by atoms with Gasteiger partial charge in [-0.2, -0.15) is 0 Å². The second-order valence-electron chi connectivity index (χ2n) is 8.55. The van der Waals surface area contributed by atoms with Gasteiger partial charge in [0, 0.05) is 5.56 Å². The van der Waals surface area contributed by atoms with Gasteiger partial charge < -0.3 is 4.48 Å². The number of quaternary nitrogens is 1. The maximum atomic E-state index is 2.51. The van der Waals surface area contributed by atoms with Crippen molar-refractivity contribution in [2.75, 3.05) is 20.1 Å². The summed E-state index contributed by atoms with van der Waals surface area (Å²) >= 11 is 0. The molecule has 0 aliphatic carbocycles. The molecule has 0 saturated carbocycles. The molecule has 0 bridgehead atoms. The summed E-state index contributed by atoms with van der Waals surface area (Å²) in [5.74, 6) is 0. The summed E-state index contributed by atoms with van der Waals surface area (Å²) in [5, 5.41) is 0. The summed E-state index contributed by atoms with van der Waals surface area (Å²) in [4.78, 5) is 0. The number of hydrogen-bond donors (Lipinski definition) is 0. The molecule has 0 aromatic heterocycles. The highest BCUT2D eigenvalue weighted by Gasteiger charge is 2.29. The van der Waals surface area contributed by atoms with Crippen molar-refractivity contribution in [2.24, 2.45) is 0 Å². The van der Waals surface area contributed by atoms with Gasteiger partial charge in [0.05, 0.1) is 20.1 Å². The number of nitrogens with zero attached hydrogens (tertiary/aromatic N) is 1. The van der Waals surface area contributed by atoms with Crippen molar-refractivity contribution in [1.29, 1.82) is 0 Å². The van der Waals surface area contributed by atoms with E-state index in [0.29, 0.717) is 6.04 Å². The minimum Gasteiger partial charge on any atom is -0.320 e. The van der Waals surface area contributed by atoms with Crippen LogP contribution in [0.1, 0.15) is 109 Å². The molecule has 0 aliphatic rings. The Morgan fingerprint density at radius 3 is 1.54 bits per heavy atom. The highest BCUT2D eigenvalue weighted by molar-refractivity contribution is 5.16. The number of unbranched alkanes of at least 4 members (excludes halogenated alkanes) is 10. The van der Waals surface area contributed by atoms with Gasteiger partial charge in [0.25, 0.3) is 0 Å². The summed E-state index contributed by atoms with van der Waals surface area (Å²) in [5.41, 5.74) is 1.51. The molecule has 0 spiro atoms. The van der Waals surface area contributed by atoms with Crippen molar-refractivity contribution in [3.05, 3.63) is 35.9 Å². The number of hydrogen-bond acceptors (Lipinski definition) is 0. The van der Waals surface area contributed by atoms with Gasteiger partial charge in [-0.1, -0.05) is 95.5 Å². The Bertz CT molecular complexity index is 409. The first-order chi connectivity index (χ1) is 12.6. The Balaban J connectivity index is 2.53. The fourth-order valence-corrected chi connectivity index (χ4v) is 4.10. The molecule has 1 aromatic rings. The van der Waals surface area contributed by atoms with E-state index in [1.807, 2.05) is 0 Å². The minimum absolute atomic E-state index is 0.600. The molecule has 1 unspecified atom stereocenters. The zero-order valence-electron chi connectivity index (χ0n) is 18.3. The van der Waals surface area contributed by atoms with Crippen molar-refractivity contribution in [3.63, 3.8) is 0 Å². The van der Waals surface area contributed by atoms with Crippen LogP contribution in [0.5, 0.6) is 0 Å². The lowest BCUT2D eigenvalue weighted by atomic mass is 10.0. The molecule has 0 N–H and O–H groups in total. The van der Waals surface area contributed by atoms with Crippen LogP contribution < -0.4 is 0 Å². The molecule has 1 aromatic carbocycles. The van der Waals surface area contributed by atoms with Gasteiger partial charge in [-0.15, -0.1) is 0 Å². The van der Waals surface area contributed by atoms with Gasteiger partial charge in [-0.05, 0) is 32.6 Å². The molecule has 0 aliphatic heterocycles. The highest BCUT2D eigenvalue weighted by atomic mass is 15.3. The molecule has 26 heavy (non-hydrogen) atoms. The molecule has 0 saturated heterocycles. The van der Waals surface area contributed by atoms with Gasteiger partial charge in [-0.25, -0.2) is 0 Å². The molecule has 0 amide bonds. The molecule has 1 heteroatoms. The van der Waals surface area contributed by atoms with Crippen LogP contribution in [0, 0.1) is 0 Å². The average Bonchev–Trinajstić information content (AvgIpc) is 2.67. The van der Waals surface area contributed by atoms with E-state index < -0.39 is 0 Å². The SMILES string of the molecule is CCCCCCCC[N+](C)(CCCCCCCC)C(C)c1ccccc1. The topological polar surface area (TPSA) is 0 Å². The van der Waals surface area contributed by atoms with Crippen molar-refractivity contribution in [1.82, 2.24) is 0 Å². The van der Waals surface area contributed by atoms with Crippen molar-refractivity contribution < 1.29 is 4.48 Å². The number of benzene rings is 1. The summed E-state index contributed by atoms with van der Waals surface area (Å²) in [6.45, 7) is 9.71. The Labute approximate surface area is 164 Å². The number of rotatable bonds is 16. The summed E-state index contributed by atoms with van der Waals surface area (Å²) < 4.78 is 1.21. The van der Waals surface area contributed by atoms with Crippen LogP contribution in [0.4, 0.5) is 0 Å². The zero-order valence-corrected chi connectivity index (χ0v) is 18.3. The summed E-state index contributed by atoms with van der Waals surface area (Å²) in [6, 6.07) is 11.8. The van der Waals surface area contributed by atoms with Crippen LogP contribution in [0.15, 0.2) is 30.3 Å². The molecule has 1 atom stereocenters. The first kappa shape index (κ1) is 23.2. The zero-order chi connectivity index (χ0) is 19.1. The van der Waals surface area contributed by atoms with Crippen LogP contribution in [0.3, 0.4) is 0 Å². The van der Waals surface area contributed by atoms with Crippen LogP contribution in [-0.2, 0) is 0 Å².